The molecule has 0 aliphatic carbocycles. The number of anilines is 1. The number of rotatable bonds is 3. The average molecular weight is 346 g/mol. The zero-order valence-electron chi connectivity index (χ0n) is 10.6. The van der Waals surface area contributed by atoms with Gasteiger partial charge in [0.15, 0.2) is 9.84 Å². The largest absolute Gasteiger partial charge is 0.326 e. The summed E-state index contributed by atoms with van der Waals surface area (Å²) in [4.78, 5) is 11.9. The molecule has 1 aliphatic heterocycles. The predicted octanol–water partition coefficient (Wildman–Crippen LogP) is 2.52. The number of benzene rings is 1. The molecular weight excluding hydrogens is 330 g/mol. The molecular formula is C13H16BrNO3S. The van der Waals surface area contributed by atoms with E-state index in [1.54, 1.807) is 0 Å². The molecule has 1 amide bonds. The molecule has 1 heterocycles. The van der Waals surface area contributed by atoms with Gasteiger partial charge in [-0.2, -0.15) is 0 Å². The standard InChI is InChI=1S/C13H16BrNO3S/c1-9-2-3-11(7-12(9)14)15-13(16)6-10-4-5-19(17,18)8-10/h2-3,7,10H,4-6,8H2,1H3,(H,15,16)/t10-/m1/s1. The van der Waals surface area contributed by atoms with E-state index in [2.05, 4.69) is 21.2 Å². The van der Waals surface area contributed by atoms with E-state index in [1.807, 2.05) is 25.1 Å². The molecule has 0 bridgehead atoms. The highest BCUT2D eigenvalue weighted by molar-refractivity contribution is 9.10. The first-order valence-corrected chi connectivity index (χ1v) is 8.73. The fourth-order valence-corrected chi connectivity index (χ4v) is 4.42. The van der Waals surface area contributed by atoms with E-state index in [0.29, 0.717) is 6.42 Å². The van der Waals surface area contributed by atoms with E-state index in [9.17, 15) is 13.2 Å². The van der Waals surface area contributed by atoms with Crippen LogP contribution in [0.15, 0.2) is 22.7 Å². The lowest BCUT2D eigenvalue weighted by Gasteiger charge is -2.09. The minimum absolute atomic E-state index is 0.0427. The molecule has 1 N–H and O–H groups in total. The summed E-state index contributed by atoms with van der Waals surface area (Å²) >= 11 is 3.41. The minimum atomic E-state index is -2.91. The van der Waals surface area contributed by atoms with E-state index in [0.717, 1.165) is 15.7 Å². The van der Waals surface area contributed by atoms with Crippen molar-refractivity contribution in [2.45, 2.75) is 19.8 Å². The smallest absolute Gasteiger partial charge is 0.224 e. The normalized spacial score (nSPS) is 21.3. The number of hydrogen-bond acceptors (Lipinski definition) is 3. The molecule has 0 radical (unpaired) electrons. The van der Waals surface area contributed by atoms with Crippen molar-refractivity contribution >= 4 is 37.4 Å². The Morgan fingerprint density at radius 2 is 2.21 bits per heavy atom. The summed E-state index contributed by atoms with van der Waals surface area (Å²) in [6.07, 6.45) is 0.859. The molecule has 0 spiro atoms. The first-order chi connectivity index (χ1) is 8.85. The SMILES string of the molecule is Cc1ccc(NC(=O)C[C@H]2CCS(=O)(=O)C2)cc1Br. The predicted molar refractivity (Wildman–Crippen MR) is 78.9 cm³/mol. The maximum absolute atomic E-state index is 11.9. The van der Waals surface area contributed by atoms with Crippen molar-refractivity contribution in [1.29, 1.82) is 0 Å². The van der Waals surface area contributed by atoms with Gasteiger partial charge in [0.2, 0.25) is 5.91 Å². The van der Waals surface area contributed by atoms with Gasteiger partial charge in [-0.3, -0.25) is 4.79 Å². The topological polar surface area (TPSA) is 63.2 Å². The second kappa shape index (κ2) is 5.63. The van der Waals surface area contributed by atoms with Crippen LogP contribution in [0.2, 0.25) is 0 Å². The van der Waals surface area contributed by atoms with Crippen molar-refractivity contribution in [3.05, 3.63) is 28.2 Å². The lowest BCUT2D eigenvalue weighted by atomic mass is 10.0. The summed E-state index contributed by atoms with van der Waals surface area (Å²) in [5.41, 5.74) is 1.82. The molecule has 1 saturated heterocycles. The number of amides is 1. The quantitative estimate of drug-likeness (QED) is 0.915. The van der Waals surface area contributed by atoms with Crippen LogP contribution in [0.1, 0.15) is 18.4 Å². The van der Waals surface area contributed by atoms with Crippen molar-refractivity contribution in [3.8, 4) is 0 Å². The molecule has 2 rings (SSSR count). The van der Waals surface area contributed by atoms with Gasteiger partial charge < -0.3 is 5.32 Å². The molecule has 0 saturated carbocycles. The van der Waals surface area contributed by atoms with Crippen LogP contribution in [0.3, 0.4) is 0 Å². The van der Waals surface area contributed by atoms with Crippen molar-refractivity contribution < 1.29 is 13.2 Å². The van der Waals surface area contributed by atoms with E-state index >= 15 is 0 Å². The molecule has 1 fully saturated rings. The Bertz CT molecular complexity index is 598. The monoisotopic (exact) mass is 345 g/mol. The summed E-state index contributed by atoms with van der Waals surface area (Å²) < 4.78 is 23.6. The van der Waals surface area contributed by atoms with Gasteiger partial charge in [-0.25, -0.2) is 8.42 Å². The highest BCUT2D eigenvalue weighted by Gasteiger charge is 2.29. The third-order valence-corrected chi connectivity index (χ3v) is 5.95. The third kappa shape index (κ3) is 4.04. The number of sulfone groups is 1. The van der Waals surface area contributed by atoms with E-state index < -0.39 is 9.84 Å². The molecule has 1 atom stereocenters. The van der Waals surface area contributed by atoms with Gasteiger partial charge in [0.25, 0.3) is 0 Å². The van der Waals surface area contributed by atoms with Crippen molar-refractivity contribution in [2.24, 2.45) is 5.92 Å². The molecule has 104 valence electrons. The van der Waals surface area contributed by atoms with Crippen LogP contribution < -0.4 is 5.32 Å². The first-order valence-electron chi connectivity index (χ1n) is 6.12. The van der Waals surface area contributed by atoms with E-state index in [4.69, 9.17) is 0 Å². The van der Waals surface area contributed by atoms with Crippen molar-refractivity contribution in [3.63, 3.8) is 0 Å². The molecule has 1 aromatic carbocycles. The Labute approximate surface area is 121 Å². The van der Waals surface area contributed by atoms with Gasteiger partial charge >= 0.3 is 0 Å². The number of halogens is 1. The number of carbonyl (C=O) groups is 1. The number of aryl methyl sites for hydroxylation is 1. The Balaban J connectivity index is 1.93. The molecule has 0 aromatic heterocycles. The van der Waals surface area contributed by atoms with E-state index in [-0.39, 0.29) is 29.8 Å². The lowest BCUT2D eigenvalue weighted by Crippen LogP contribution is -2.17. The maximum Gasteiger partial charge on any atom is 0.224 e. The Morgan fingerprint density at radius 1 is 1.47 bits per heavy atom. The van der Waals surface area contributed by atoms with Gasteiger partial charge in [-0.1, -0.05) is 22.0 Å². The van der Waals surface area contributed by atoms with Crippen LogP contribution in [-0.4, -0.2) is 25.8 Å². The number of nitrogens with one attached hydrogen (secondary N) is 1. The van der Waals surface area contributed by atoms with Crippen LogP contribution >= 0.6 is 15.9 Å². The third-order valence-electron chi connectivity index (χ3n) is 3.26. The van der Waals surface area contributed by atoms with Gasteiger partial charge in [0.05, 0.1) is 11.5 Å². The van der Waals surface area contributed by atoms with Crippen LogP contribution in [-0.2, 0) is 14.6 Å². The first kappa shape index (κ1) is 14.5. The fourth-order valence-electron chi connectivity index (χ4n) is 2.18. The lowest BCUT2D eigenvalue weighted by molar-refractivity contribution is -0.116. The van der Waals surface area contributed by atoms with Crippen LogP contribution in [0, 0.1) is 12.8 Å². The Hall–Kier alpha value is -0.880. The van der Waals surface area contributed by atoms with Gasteiger partial charge in [0.1, 0.15) is 0 Å². The zero-order valence-corrected chi connectivity index (χ0v) is 13.1. The van der Waals surface area contributed by atoms with Gasteiger partial charge in [0, 0.05) is 16.6 Å². The van der Waals surface area contributed by atoms with Crippen LogP contribution in [0.25, 0.3) is 0 Å². The molecule has 4 nitrogen and oxygen atoms in total. The van der Waals surface area contributed by atoms with Crippen molar-refractivity contribution in [2.75, 3.05) is 16.8 Å². The molecule has 0 unspecified atom stereocenters. The fraction of sp³-hybridized carbons (Fsp3) is 0.462. The number of carbonyl (C=O) groups excluding carboxylic acids is 1. The van der Waals surface area contributed by atoms with Crippen LogP contribution in [0.5, 0.6) is 0 Å². The van der Waals surface area contributed by atoms with E-state index in [1.165, 1.54) is 0 Å². The minimum Gasteiger partial charge on any atom is -0.326 e. The highest BCUT2D eigenvalue weighted by Crippen LogP contribution is 2.24. The van der Waals surface area contributed by atoms with Crippen molar-refractivity contribution in [1.82, 2.24) is 0 Å². The van der Waals surface area contributed by atoms with Crippen LogP contribution in [0.4, 0.5) is 5.69 Å². The second-order valence-electron chi connectivity index (χ2n) is 4.99. The maximum atomic E-state index is 11.9. The summed E-state index contributed by atoms with van der Waals surface area (Å²) in [5, 5.41) is 2.80. The summed E-state index contributed by atoms with van der Waals surface area (Å²) in [7, 11) is -2.91. The summed E-state index contributed by atoms with van der Waals surface area (Å²) in [5.74, 6) is 0.177. The zero-order chi connectivity index (χ0) is 14.0. The summed E-state index contributed by atoms with van der Waals surface area (Å²) in [6.45, 7) is 1.97. The highest BCUT2D eigenvalue weighted by atomic mass is 79.9. The molecule has 19 heavy (non-hydrogen) atoms. The summed E-state index contributed by atoms with van der Waals surface area (Å²) in [6, 6.07) is 5.60. The molecule has 6 heteroatoms. The Kier molecular flexibility index (Phi) is 4.30. The molecule has 1 aromatic rings. The van der Waals surface area contributed by atoms with Gasteiger partial charge in [-0.15, -0.1) is 0 Å². The van der Waals surface area contributed by atoms with Gasteiger partial charge in [-0.05, 0) is 37.0 Å². The molecule has 1 aliphatic rings. The number of hydrogen-bond donors (Lipinski definition) is 1. The average Bonchev–Trinajstić information content (AvgIpc) is 2.63. The second-order valence-corrected chi connectivity index (χ2v) is 8.07. The Morgan fingerprint density at radius 3 is 2.79 bits per heavy atom.